The first kappa shape index (κ1) is 14.8. The summed E-state index contributed by atoms with van der Waals surface area (Å²) in [6.07, 6.45) is 0. The highest BCUT2D eigenvalue weighted by atomic mass is 35.5. The molecule has 0 fully saturated rings. The third-order valence-corrected chi connectivity index (χ3v) is 2.74. The van der Waals surface area contributed by atoms with Crippen LogP contribution in [0.15, 0.2) is 24.3 Å². The highest BCUT2D eigenvalue weighted by Gasteiger charge is 2.08. The molecule has 0 aliphatic carbocycles. The SMILES string of the molecule is CCN(CCOc1cccc(Cl)c1)CC(=O)OC. The van der Waals surface area contributed by atoms with Crippen LogP contribution in [-0.2, 0) is 9.53 Å². The zero-order valence-electron chi connectivity index (χ0n) is 10.7. The molecule has 0 aliphatic heterocycles. The summed E-state index contributed by atoms with van der Waals surface area (Å²) in [5.41, 5.74) is 0. The lowest BCUT2D eigenvalue weighted by Crippen LogP contribution is -2.33. The van der Waals surface area contributed by atoms with Crippen LogP contribution in [0.4, 0.5) is 0 Å². The summed E-state index contributed by atoms with van der Waals surface area (Å²) in [7, 11) is 1.39. The molecule has 0 aliphatic rings. The Balaban J connectivity index is 2.33. The smallest absolute Gasteiger partial charge is 0.319 e. The molecule has 5 heteroatoms. The van der Waals surface area contributed by atoms with Gasteiger partial charge in [0.2, 0.25) is 0 Å². The van der Waals surface area contributed by atoms with E-state index < -0.39 is 0 Å². The fourth-order valence-electron chi connectivity index (χ4n) is 1.45. The number of halogens is 1. The zero-order chi connectivity index (χ0) is 13.4. The van der Waals surface area contributed by atoms with Gasteiger partial charge in [-0.05, 0) is 24.7 Å². The highest BCUT2D eigenvalue weighted by Crippen LogP contribution is 2.16. The first-order chi connectivity index (χ1) is 8.65. The molecule has 1 rings (SSSR count). The Labute approximate surface area is 112 Å². The van der Waals surface area contributed by atoms with Gasteiger partial charge in [0.25, 0.3) is 0 Å². The number of benzene rings is 1. The lowest BCUT2D eigenvalue weighted by molar-refractivity contribution is -0.141. The van der Waals surface area contributed by atoms with Crippen LogP contribution < -0.4 is 4.74 Å². The fourth-order valence-corrected chi connectivity index (χ4v) is 1.63. The average molecular weight is 272 g/mol. The maximum absolute atomic E-state index is 11.1. The van der Waals surface area contributed by atoms with Gasteiger partial charge in [-0.25, -0.2) is 0 Å². The zero-order valence-corrected chi connectivity index (χ0v) is 11.4. The normalized spacial score (nSPS) is 10.4. The molecule has 1 aromatic carbocycles. The molecule has 0 saturated carbocycles. The number of carbonyl (C=O) groups is 1. The van der Waals surface area contributed by atoms with Crippen molar-refractivity contribution in [2.24, 2.45) is 0 Å². The van der Waals surface area contributed by atoms with E-state index in [2.05, 4.69) is 4.74 Å². The molecule has 0 atom stereocenters. The molecular formula is C13H18ClNO3. The molecule has 0 spiro atoms. The van der Waals surface area contributed by atoms with Crippen molar-refractivity contribution in [3.05, 3.63) is 29.3 Å². The molecular weight excluding hydrogens is 254 g/mol. The Hall–Kier alpha value is -1.26. The van der Waals surface area contributed by atoms with Gasteiger partial charge < -0.3 is 9.47 Å². The van der Waals surface area contributed by atoms with Gasteiger partial charge in [0.05, 0.1) is 13.7 Å². The van der Waals surface area contributed by atoms with Crippen LogP contribution in [0.2, 0.25) is 5.02 Å². The number of esters is 1. The largest absolute Gasteiger partial charge is 0.492 e. The Morgan fingerprint density at radius 1 is 1.44 bits per heavy atom. The second kappa shape index (κ2) is 7.95. The van der Waals surface area contributed by atoms with Crippen molar-refractivity contribution < 1.29 is 14.3 Å². The van der Waals surface area contributed by atoms with E-state index in [-0.39, 0.29) is 12.5 Å². The topological polar surface area (TPSA) is 38.8 Å². The van der Waals surface area contributed by atoms with E-state index in [0.717, 1.165) is 12.3 Å². The standard InChI is InChI=1S/C13H18ClNO3/c1-3-15(10-13(16)17-2)7-8-18-12-6-4-5-11(14)9-12/h4-6,9H,3,7-8,10H2,1-2H3. The monoisotopic (exact) mass is 271 g/mol. The summed E-state index contributed by atoms with van der Waals surface area (Å²) in [5.74, 6) is 0.497. The summed E-state index contributed by atoms with van der Waals surface area (Å²) in [4.78, 5) is 13.1. The number of methoxy groups -OCH3 is 1. The van der Waals surface area contributed by atoms with Crippen LogP contribution >= 0.6 is 11.6 Å². The summed E-state index contributed by atoms with van der Waals surface area (Å²) in [5, 5.41) is 0.648. The minimum Gasteiger partial charge on any atom is -0.492 e. The van der Waals surface area contributed by atoms with Crippen molar-refractivity contribution in [1.82, 2.24) is 4.90 Å². The Bertz CT molecular complexity index is 384. The summed E-state index contributed by atoms with van der Waals surface area (Å²) in [6.45, 7) is 4.21. The second-order valence-corrected chi connectivity index (χ2v) is 4.19. The van der Waals surface area contributed by atoms with Crippen molar-refractivity contribution in [3.63, 3.8) is 0 Å². The Morgan fingerprint density at radius 3 is 2.83 bits per heavy atom. The summed E-state index contributed by atoms with van der Waals surface area (Å²) >= 11 is 5.85. The molecule has 0 heterocycles. The first-order valence-corrected chi connectivity index (χ1v) is 6.21. The molecule has 0 aromatic heterocycles. The number of carbonyl (C=O) groups excluding carboxylic acids is 1. The van der Waals surface area contributed by atoms with Gasteiger partial charge in [-0.1, -0.05) is 24.6 Å². The van der Waals surface area contributed by atoms with Gasteiger partial charge in [-0.15, -0.1) is 0 Å². The maximum Gasteiger partial charge on any atom is 0.319 e. The second-order valence-electron chi connectivity index (χ2n) is 3.75. The number of hydrogen-bond donors (Lipinski definition) is 0. The Kier molecular flexibility index (Phi) is 6.54. The van der Waals surface area contributed by atoms with Crippen LogP contribution in [-0.4, -0.2) is 44.2 Å². The van der Waals surface area contributed by atoms with Crippen LogP contribution in [0.25, 0.3) is 0 Å². The number of ether oxygens (including phenoxy) is 2. The minimum absolute atomic E-state index is 0.236. The van der Waals surface area contributed by atoms with Gasteiger partial charge in [0.1, 0.15) is 12.4 Å². The van der Waals surface area contributed by atoms with E-state index in [1.165, 1.54) is 7.11 Å². The lowest BCUT2D eigenvalue weighted by atomic mass is 10.3. The van der Waals surface area contributed by atoms with Crippen molar-refractivity contribution in [2.45, 2.75) is 6.92 Å². The number of likely N-dealkylation sites (N-methyl/N-ethyl adjacent to an activating group) is 1. The van der Waals surface area contributed by atoms with Gasteiger partial charge in [-0.3, -0.25) is 9.69 Å². The summed E-state index contributed by atoms with van der Waals surface area (Å²) in [6, 6.07) is 7.24. The molecule has 0 radical (unpaired) electrons. The maximum atomic E-state index is 11.1. The lowest BCUT2D eigenvalue weighted by Gasteiger charge is -2.18. The van der Waals surface area contributed by atoms with E-state index in [1.807, 2.05) is 24.0 Å². The fraction of sp³-hybridized carbons (Fsp3) is 0.462. The van der Waals surface area contributed by atoms with E-state index in [4.69, 9.17) is 16.3 Å². The first-order valence-electron chi connectivity index (χ1n) is 5.83. The third kappa shape index (κ3) is 5.38. The highest BCUT2D eigenvalue weighted by molar-refractivity contribution is 6.30. The van der Waals surface area contributed by atoms with E-state index >= 15 is 0 Å². The van der Waals surface area contributed by atoms with Gasteiger partial charge in [0, 0.05) is 11.6 Å². The number of hydrogen-bond acceptors (Lipinski definition) is 4. The van der Waals surface area contributed by atoms with E-state index in [1.54, 1.807) is 12.1 Å². The van der Waals surface area contributed by atoms with Gasteiger partial charge >= 0.3 is 5.97 Å². The molecule has 0 unspecified atom stereocenters. The minimum atomic E-state index is -0.236. The van der Waals surface area contributed by atoms with Crippen LogP contribution in [0.5, 0.6) is 5.75 Å². The van der Waals surface area contributed by atoms with Crippen LogP contribution in [0.3, 0.4) is 0 Å². The van der Waals surface area contributed by atoms with Crippen molar-refractivity contribution in [2.75, 3.05) is 33.4 Å². The molecule has 100 valence electrons. The Morgan fingerprint density at radius 2 is 2.22 bits per heavy atom. The summed E-state index contributed by atoms with van der Waals surface area (Å²) < 4.78 is 10.2. The molecule has 18 heavy (non-hydrogen) atoms. The van der Waals surface area contributed by atoms with Crippen molar-refractivity contribution in [3.8, 4) is 5.75 Å². The van der Waals surface area contributed by atoms with Gasteiger partial charge in [-0.2, -0.15) is 0 Å². The van der Waals surface area contributed by atoms with Crippen molar-refractivity contribution >= 4 is 17.6 Å². The van der Waals surface area contributed by atoms with E-state index in [0.29, 0.717) is 18.2 Å². The van der Waals surface area contributed by atoms with E-state index in [9.17, 15) is 4.79 Å². The predicted octanol–water partition coefficient (Wildman–Crippen LogP) is 2.21. The predicted molar refractivity (Wildman–Crippen MR) is 71.1 cm³/mol. The van der Waals surface area contributed by atoms with Gasteiger partial charge in [0.15, 0.2) is 0 Å². The average Bonchev–Trinajstić information content (AvgIpc) is 2.37. The number of nitrogens with zero attached hydrogens (tertiary/aromatic N) is 1. The molecule has 0 N–H and O–H groups in total. The molecule has 0 bridgehead atoms. The molecule has 4 nitrogen and oxygen atoms in total. The molecule has 0 saturated heterocycles. The van der Waals surface area contributed by atoms with Crippen molar-refractivity contribution in [1.29, 1.82) is 0 Å². The third-order valence-electron chi connectivity index (χ3n) is 2.50. The number of rotatable bonds is 7. The van der Waals surface area contributed by atoms with Crippen LogP contribution in [0, 0.1) is 0 Å². The molecule has 0 amide bonds. The van der Waals surface area contributed by atoms with Crippen LogP contribution in [0.1, 0.15) is 6.92 Å². The quantitative estimate of drug-likeness (QED) is 0.713. The molecule has 1 aromatic rings.